The van der Waals surface area contributed by atoms with Crippen LogP contribution in [0, 0.1) is 12.8 Å². The lowest BCUT2D eigenvalue weighted by molar-refractivity contribution is 0.0822. The quantitative estimate of drug-likeness (QED) is 0.549. The summed E-state index contributed by atoms with van der Waals surface area (Å²) < 4.78 is 7.11. The average molecular weight is 439 g/mol. The van der Waals surface area contributed by atoms with Gasteiger partial charge in [-0.3, -0.25) is 9.69 Å². The molecule has 8 nitrogen and oxygen atoms in total. The summed E-state index contributed by atoms with van der Waals surface area (Å²) in [7, 11) is 1.68. The van der Waals surface area contributed by atoms with E-state index in [1.807, 2.05) is 23.7 Å². The van der Waals surface area contributed by atoms with Gasteiger partial charge in [-0.2, -0.15) is 0 Å². The molecule has 32 heavy (non-hydrogen) atoms. The van der Waals surface area contributed by atoms with Gasteiger partial charge in [0.1, 0.15) is 0 Å². The smallest absolute Gasteiger partial charge is 0.252 e. The van der Waals surface area contributed by atoms with Crippen molar-refractivity contribution in [3.05, 3.63) is 51.6 Å². The molecule has 1 aliphatic rings. The molecule has 3 aromatic rings. The Hall–Kier alpha value is -2.58. The summed E-state index contributed by atoms with van der Waals surface area (Å²) in [5.41, 5.74) is 2.79. The number of tetrazole rings is 1. The molecule has 0 amide bonds. The van der Waals surface area contributed by atoms with E-state index in [9.17, 15) is 4.79 Å². The number of pyridine rings is 1. The molecular weight excluding hydrogens is 404 g/mol. The molecule has 0 saturated heterocycles. The van der Waals surface area contributed by atoms with Crippen molar-refractivity contribution in [2.75, 3.05) is 13.7 Å². The number of hydrogen-bond acceptors (Lipinski definition) is 6. The highest BCUT2D eigenvalue weighted by Crippen LogP contribution is 2.35. The molecule has 1 unspecified atom stereocenters. The molecule has 1 saturated carbocycles. The molecule has 8 heteroatoms. The van der Waals surface area contributed by atoms with Crippen LogP contribution in [0.2, 0.25) is 0 Å². The van der Waals surface area contributed by atoms with Crippen molar-refractivity contribution < 1.29 is 4.74 Å². The molecule has 0 radical (unpaired) electrons. The number of H-pyrrole nitrogens is 1. The Morgan fingerprint density at radius 3 is 2.75 bits per heavy atom. The Labute approximate surface area is 189 Å². The van der Waals surface area contributed by atoms with E-state index in [-0.39, 0.29) is 17.5 Å². The summed E-state index contributed by atoms with van der Waals surface area (Å²) in [5.74, 6) is 1.13. The van der Waals surface area contributed by atoms with Crippen LogP contribution >= 0.6 is 0 Å². The molecule has 1 atom stereocenters. The number of ether oxygens (including phenoxy) is 1. The van der Waals surface area contributed by atoms with Crippen LogP contribution in [0.3, 0.4) is 0 Å². The molecule has 1 fully saturated rings. The number of rotatable bonds is 9. The van der Waals surface area contributed by atoms with E-state index >= 15 is 0 Å². The van der Waals surface area contributed by atoms with Crippen molar-refractivity contribution in [1.82, 2.24) is 30.1 Å². The Bertz CT molecular complexity index is 1100. The van der Waals surface area contributed by atoms with Crippen LogP contribution < -0.4 is 5.56 Å². The normalized spacial score (nSPS) is 15.9. The maximum absolute atomic E-state index is 13.0. The first kappa shape index (κ1) is 22.6. The second-order valence-corrected chi connectivity index (χ2v) is 9.27. The fourth-order valence-electron chi connectivity index (χ4n) is 4.95. The number of nitrogens with one attached hydrogen (secondary N) is 1. The lowest BCUT2D eigenvalue weighted by atomic mass is 9.97. The SMILES string of the molecule is COCCn1nnnc1C(C(C)C)N(Cc1cc2ccc(C)cc2[nH]c1=O)C1CCCC1. The second kappa shape index (κ2) is 9.92. The van der Waals surface area contributed by atoms with Gasteiger partial charge < -0.3 is 9.72 Å². The topological polar surface area (TPSA) is 88.9 Å². The zero-order valence-electron chi connectivity index (χ0n) is 19.5. The van der Waals surface area contributed by atoms with Crippen LogP contribution in [0.5, 0.6) is 0 Å². The Balaban J connectivity index is 1.73. The minimum Gasteiger partial charge on any atom is -0.383 e. The third kappa shape index (κ3) is 4.76. The Morgan fingerprint density at radius 1 is 1.25 bits per heavy atom. The summed E-state index contributed by atoms with van der Waals surface area (Å²) in [6.45, 7) is 8.18. The molecule has 0 bridgehead atoms. The predicted octanol–water partition coefficient (Wildman–Crippen LogP) is 3.61. The Kier molecular flexibility index (Phi) is 7.01. The zero-order chi connectivity index (χ0) is 22.7. The number of aromatic nitrogens is 5. The van der Waals surface area contributed by atoms with Gasteiger partial charge >= 0.3 is 0 Å². The molecule has 1 aliphatic carbocycles. The highest BCUT2D eigenvalue weighted by molar-refractivity contribution is 5.79. The first-order valence-electron chi connectivity index (χ1n) is 11.6. The number of fused-ring (bicyclic) bond motifs is 1. The Morgan fingerprint density at radius 2 is 2.03 bits per heavy atom. The van der Waals surface area contributed by atoms with E-state index < -0.39 is 0 Å². The van der Waals surface area contributed by atoms with Crippen molar-refractivity contribution >= 4 is 10.9 Å². The third-order valence-electron chi connectivity index (χ3n) is 6.55. The fraction of sp³-hybridized carbons (Fsp3) is 0.583. The van der Waals surface area contributed by atoms with Gasteiger partial charge in [-0.05, 0) is 59.2 Å². The van der Waals surface area contributed by atoms with E-state index in [1.165, 1.54) is 12.8 Å². The first-order chi connectivity index (χ1) is 15.5. The van der Waals surface area contributed by atoms with Crippen LogP contribution in [0.1, 0.15) is 62.5 Å². The number of benzene rings is 1. The van der Waals surface area contributed by atoms with Gasteiger partial charge in [0.2, 0.25) is 0 Å². The van der Waals surface area contributed by atoms with E-state index in [0.29, 0.717) is 25.7 Å². The van der Waals surface area contributed by atoms with E-state index in [4.69, 9.17) is 4.74 Å². The van der Waals surface area contributed by atoms with Gasteiger partial charge in [-0.25, -0.2) is 4.68 Å². The molecular formula is C24H34N6O2. The largest absolute Gasteiger partial charge is 0.383 e. The summed E-state index contributed by atoms with van der Waals surface area (Å²) >= 11 is 0. The monoisotopic (exact) mass is 438 g/mol. The number of hydrogen-bond donors (Lipinski definition) is 1. The van der Waals surface area contributed by atoms with E-state index in [2.05, 4.69) is 51.4 Å². The van der Waals surface area contributed by atoms with Crippen LogP contribution in [0.25, 0.3) is 10.9 Å². The van der Waals surface area contributed by atoms with Crippen LogP contribution in [0.15, 0.2) is 29.1 Å². The third-order valence-corrected chi connectivity index (χ3v) is 6.55. The van der Waals surface area contributed by atoms with Crippen molar-refractivity contribution in [2.45, 2.75) is 71.6 Å². The standard InChI is InChI=1S/C24H34N6O2/c1-16(2)22(23-26-27-28-30(23)11-12-32-4)29(20-7-5-6-8-20)15-19-14-18-10-9-17(3)13-21(18)25-24(19)31/h9-10,13-14,16,20,22H,5-8,11-12,15H2,1-4H3,(H,25,31). The molecule has 1 N–H and O–H groups in total. The summed E-state index contributed by atoms with van der Waals surface area (Å²) in [6, 6.07) is 8.65. The predicted molar refractivity (Wildman–Crippen MR) is 124 cm³/mol. The van der Waals surface area contributed by atoms with Crippen LogP contribution in [0.4, 0.5) is 0 Å². The molecule has 172 valence electrons. The van der Waals surface area contributed by atoms with Crippen molar-refractivity contribution in [3.63, 3.8) is 0 Å². The minimum atomic E-state index is -0.0208. The number of methoxy groups -OCH3 is 1. The first-order valence-corrected chi connectivity index (χ1v) is 11.6. The number of aryl methyl sites for hydroxylation is 1. The van der Waals surface area contributed by atoms with Crippen LogP contribution in [-0.4, -0.2) is 49.8 Å². The minimum absolute atomic E-state index is 0.0121. The number of aromatic amines is 1. The van der Waals surface area contributed by atoms with Gasteiger partial charge in [0.05, 0.1) is 19.2 Å². The van der Waals surface area contributed by atoms with E-state index in [0.717, 1.165) is 40.7 Å². The lowest BCUT2D eigenvalue weighted by Crippen LogP contribution is -2.41. The van der Waals surface area contributed by atoms with Crippen molar-refractivity contribution in [3.8, 4) is 0 Å². The second-order valence-electron chi connectivity index (χ2n) is 9.27. The maximum atomic E-state index is 13.0. The lowest BCUT2D eigenvalue weighted by Gasteiger charge is -2.38. The van der Waals surface area contributed by atoms with Gasteiger partial charge in [-0.15, -0.1) is 5.10 Å². The molecule has 1 aromatic carbocycles. The van der Waals surface area contributed by atoms with Gasteiger partial charge in [-0.1, -0.05) is 38.8 Å². The zero-order valence-corrected chi connectivity index (χ0v) is 19.5. The molecule has 2 heterocycles. The summed E-state index contributed by atoms with van der Waals surface area (Å²) in [4.78, 5) is 18.6. The van der Waals surface area contributed by atoms with Gasteiger partial charge in [0.15, 0.2) is 5.82 Å². The fourth-order valence-corrected chi connectivity index (χ4v) is 4.95. The average Bonchev–Trinajstić information content (AvgIpc) is 3.44. The summed E-state index contributed by atoms with van der Waals surface area (Å²) in [5, 5.41) is 13.7. The maximum Gasteiger partial charge on any atom is 0.252 e. The molecule has 4 rings (SSSR count). The van der Waals surface area contributed by atoms with Crippen molar-refractivity contribution in [1.29, 1.82) is 0 Å². The summed E-state index contributed by atoms with van der Waals surface area (Å²) in [6.07, 6.45) is 4.70. The molecule has 0 spiro atoms. The van der Waals surface area contributed by atoms with Crippen LogP contribution in [-0.2, 0) is 17.8 Å². The van der Waals surface area contributed by atoms with Gasteiger partial charge in [0, 0.05) is 30.8 Å². The van der Waals surface area contributed by atoms with Crippen molar-refractivity contribution in [2.24, 2.45) is 5.92 Å². The highest BCUT2D eigenvalue weighted by atomic mass is 16.5. The molecule has 2 aromatic heterocycles. The van der Waals surface area contributed by atoms with Gasteiger partial charge in [0.25, 0.3) is 5.56 Å². The van der Waals surface area contributed by atoms with E-state index in [1.54, 1.807) is 7.11 Å². The number of nitrogens with zero attached hydrogens (tertiary/aromatic N) is 5. The highest BCUT2D eigenvalue weighted by Gasteiger charge is 2.35. The molecule has 0 aliphatic heterocycles.